The molecule has 2 rings (SSSR count). The number of nitrogens with zero attached hydrogens (tertiary/aromatic N) is 2. The predicted molar refractivity (Wildman–Crippen MR) is 66.2 cm³/mol. The monoisotopic (exact) mass is 297 g/mol. The maximum atomic E-state index is 13.2. The summed E-state index contributed by atoms with van der Waals surface area (Å²) in [6.45, 7) is 0. The SMILES string of the molecule is O=C(O)c1cc(S(=O)(=O)Nc2ncccn2)ccc1F. The standard InChI is InChI=1S/C11H8FN3O4S/c12-9-3-2-7(6-8(9)10(16)17)20(18,19)15-11-13-4-1-5-14-11/h1-6H,(H,16,17)(H,13,14,15). The first-order chi connectivity index (χ1) is 9.40. The molecule has 1 aromatic carbocycles. The zero-order valence-corrected chi connectivity index (χ0v) is 10.6. The number of hydrogen-bond donors (Lipinski definition) is 2. The number of nitrogens with one attached hydrogen (secondary N) is 1. The van der Waals surface area contributed by atoms with Gasteiger partial charge in [0, 0.05) is 12.4 Å². The highest BCUT2D eigenvalue weighted by Crippen LogP contribution is 2.17. The van der Waals surface area contributed by atoms with Gasteiger partial charge in [0.15, 0.2) is 0 Å². The molecule has 1 aromatic heterocycles. The van der Waals surface area contributed by atoms with E-state index in [1.54, 1.807) is 0 Å². The number of carboxylic acids is 1. The largest absolute Gasteiger partial charge is 0.478 e. The van der Waals surface area contributed by atoms with Gasteiger partial charge in [-0.2, -0.15) is 0 Å². The van der Waals surface area contributed by atoms with E-state index in [0.717, 1.165) is 18.2 Å². The summed E-state index contributed by atoms with van der Waals surface area (Å²) in [5.74, 6) is -2.75. The van der Waals surface area contributed by atoms with Gasteiger partial charge in [0.05, 0.1) is 10.5 Å². The topological polar surface area (TPSA) is 109 Å². The van der Waals surface area contributed by atoms with E-state index in [-0.39, 0.29) is 5.95 Å². The van der Waals surface area contributed by atoms with Gasteiger partial charge < -0.3 is 5.11 Å². The van der Waals surface area contributed by atoms with Gasteiger partial charge in [-0.05, 0) is 24.3 Å². The van der Waals surface area contributed by atoms with Crippen molar-refractivity contribution in [2.24, 2.45) is 0 Å². The molecule has 2 N–H and O–H groups in total. The molecular formula is C11H8FN3O4S. The molecule has 0 aliphatic heterocycles. The quantitative estimate of drug-likeness (QED) is 0.875. The molecule has 0 fully saturated rings. The van der Waals surface area contributed by atoms with Crippen molar-refractivity contribution in [3.05, 3.63) is 48.0 Å². The smallest absolute Gasteiger partial charge is 0.338 e. The van der Waals surface area contributed by atoms with E-state index in [4.69, 9.17) is 5.11 Å². The van der Waals surface area contributed by atoms with E-state index in [1.807, 2.05) is 0 Å². The number of benzene rings is 1. The third-order valence-corrected chi connectivity index (χ3v) is 3.60. The molecule has 0 saturated carbocycles. The lowest BCUT2D eigenvalue weighted by atomic mass is 10.2. The fourth-order valence-electron chi connectivity index (χ4n) is 1.37. The highest BCUT2D eigenvalue weighted by molar-refractivity contribution is 7.92. The van der Waals surface area contributed by atoms with Crippen molar-refractivity contribution in [1.82, 2.24) is 9.97 Å². The Bertz CT molecular complexity index is 750. The molecule has 104 valence electrons. The number of sulfonamides is 1. The minimum atomic E-state index is -4.09. The van der Waals surface area contributed by atoms with Gasteiger partial charge in [0.1, 0.15) is 5.82 Å². The second kappa shape index (κ2) is 5.21. The number of halogens is 1. The molecule has 0 aliphatic rings. The first-order valence-corrected chi connectivity index (χ1v) is 6.71. The molecule has 9 heteroatoms. The highest BCUT2D eigenvalue weighted by atomic mass is 32.2. The van der Waals surface area contributed by atoms with E-state index in [2.05, 4.69) is 14.7 Å². The Kier molecular flexibility index (Phi) is 3.61. The van der Waals surface area contributed by atoms with Crippen molar-refractivity contribution in [1.29, 1.82) is 0 Å². The van der Waals surface area contributed by atoms with Gasteiger partial charge in [0.2, 0.25) is 5.95 Å². The predicted octanol–water partition coefficient (Wildman–Crippen LogP) is 1.11. The lowest BCUT2D eigenvalue weighted by Gasteiger charge is -2.07. The number of carbonyl (C=O) groups is 1. The zero-order chi connectivity index (χ0) is 14.8. The Morgan fingerprint density at radius 3 is 2.50 bits per heavy atom. The van der Waals surface area contributed by atoms with Gasteiger partial charge in [-0.1, -0.05) is 0 Å². The molecule has 0 saturated heterocycles. The van der Waals surface area contributed by atoms with Crippen LogP contribution in [0.3, 0.4) is 0 Å². The first-order valence-electron chi connectivity index (χ1n) is 5.23. The Balaban J connectivity index is 2.40. The summed E-state index contributed by atoms with van der Waals surface area (Å²) in [5, 5.41) is 8.77. The van der Waals surface area contributed by atoms with Crippen molar-refractivity contribution in [2.75, 3.05) is 4.72 Å². The molecule has 7 nitrogen and oxygen atoms in total. The lowest BCUT2D eigenvalue weighted by molar-refractivity contribution is 0.0691. The summed E-state index contributed by atoms with van der Waals surface area (Å²) in [6, 6.07) is 3.94. The van der Waals surface area contributed by atoms with Crippen molar-refractivity contribution in [3.8, 4) is 0 Å². The van der Waals surface area contributed by atoms with E-state index >= 15 is 0 Å². The Labute approximate surface area is 113 Å². The Morgan fingerprint density at radius 2 is 1.90 bits per heavy atom. The number of anilines is 1. The van der Waals surface area contributed by atoms with Crippen molar-refractivity contribution in [3.63, 3.8) is 0 Å². The van der Waals surface area contributed by atoms with Crippen LogP contribution in [-0.2, 0) is 10.0 Å². The summed E-state index contributed by atoms with van der Waals surface area (Å²) >= 11 is 0. The van der Waals surface area contributed by atoms with Crippen LogP contribution in [0, 0.1) is 5.82 Å². The molecular weight excluding hydrogens is 289 g/mol. The number of aromatic nitrogens is 2. The van der Waals surface area contributed by atoms with Crippen LogP contribution < -0.4 is 4.72 Å². The Morgan fingerprint density at radius 1 is 1.25 bits per heavy atom. The fourth-order valence-corrected chi connectivity index (χ4v) is 2.35. The van der Waals surface area contributed by atoms with Crippen LogP contribution in [0.4, 0.5) is 10.3 Å². The molecule has 0 amide bonds. The third-order valence-electron chi connectivity index (χ3n) is 2.27. The molecule has 20 heavy (non-hydrogen) atoms. The maximum absolute atomic E-state index is 13.2. The van der Waals surface area contributed by atoms with Crippen molar-refractivity contribution in [2.45, 2.75) is 4.90 Å². The molecule has 0 radical (unpaired) electrons. The molecule has 0 spiro atoms. The summed E-state index contributed by atoms with van der Waals surface area (Å²) < 4.78 is 39.2. The number of hydrogen-bond acceptors (Lipinski definition) is 5. The van der Waals surface area contributed by atoms with E-state index in [1.165, 1.54) is 18.5 Å². The average molecular weight is 297 g/mol. The second-order valence-corrected chi connectivity index (χ2v) is 5.31. The van der Waals surface area contributed by atoms with Crippen LogP contribution in [0.25, 0.3) is 0 Å². The molecule has 0 unspecified atom stereocenters. The van der Waals surface area contributed by atoms with Crippen LogP contribution in [0.1, 0.15) is 10.4 Å². The van der Waals surface area contributed by atoms with E-state index in [0.29, 0.717) is 0 Å². The van der Waals surface area contributed by atoms with Crippen LogP contribution >= 0.6 is 0 Å². The molecule has 0 aliphatic carbocycles. The molecule has 2 aromatic rings. The van der Waals surface area contributed by atoms with Gasteiger partial charge >= 0.3 is 5.97 Å². The van der Waals surface area contributed by atoms with Gasteiger partial charge in [0.25, 0.3) is 10.0 Å². The van der Waals surface area contributed by atoms with Gasteiger partial charge in [-0.15, -0.1) is 0 Å². The summed E-state index contributed by atoms with van der Waals surface area (Å²) in [6.07, 6.45) is 2.66. The van der Waals surface area contributed by atoms with Crippen molar-refractivity contribution < 1.29 is 22.7 Å². The van der Waals surface area contributed by atoms with Gasteiger partial charge in [-0.3, -0.25) is 0 Å². The molecule has 0 atom stereocenters. The number of rotatable bonds is 4. The fraction of sp³-hybridized carbons (Fsp3) is 0. The molecule has 1 heterocycles. The maximum Gasteiger partial charge on any atom is 0.338 e. The second-order valence-electron chi connectivity index (χ2n) is 3.62. The van der Waals surface area contributed by atoms with Crippen LogP contribution in [0.2, 0.25) is 0 Å². The summed E-state index contributed by atoms with van der Waals surface area (Å²) in [4.78, 5) is 17.7. The summed E-state index contributed by atoms with van der Waals surface area (Å²) in [5.41, 5.74) is -0.734. The Hall–Kier alpha value is -2.55. The first kappa shape index (κ1) is 13.9. The number of carboxylic acid groups (broad SMARTS) is 1. The third kappa shape index (κ3) is 2.88. The normalized spacial score (nSPS) is 11.1. The van der Waals surface area contributed by atoms with Crippen molar-refractivity contribution >= 4 is 21.9 Å². The van der Waals surface area contributed by atoms with Crippen LogP contribution in [0.5, 0.6) is 0 Å². The van der Waals surface area contributed by atoms with Crippen LogP contribution in [-0.4, -0.2) is 29.5 Å². The minimum Gasteiger partial charge on any atom is -0.478 e. The molecule has 0 bridgehead atoms. The van der Waals surface area contributed by atoms with E-state index < -0.39 is 32.3 Å². The minimum absolute atomic E-state index is 0.172. The van der Waals surface area contributed by atoms with E-state index in [9.17, 15) is 17.6 Å². The lowest BCUT2D eigenvalue weighted by Crippen LogP contribution is -2.16. The van der Waals surface area contributed by atoms with Gasteiger partial charge in [-0.25, -0.2) is 32.3 Å². The number of aromatic carboxylic acids is 1. The van der Waals surface area contributed by atoms with Crippen LogP contribution in [0.15, 0.2) is 41.6 Å². The zero-order valence-electron chi connectivity index (χ0n) is 9.82. The average Bonchev–Trinajstić information content (AvgIpc) is 2.39. The highest BCUT2D eigenvalue weighted by Gasteiger charge is 2.19. The summed E-state index contributed by atoms with van der Waals surface area (Å²) in [7, 11) is -4.09.